The summed E-state index contributed by atoms with van der Waals surface area (Å²) in [7, 11) is 1.47. The molecule has 2 aromatic carbocycles. The Hall–Kier alpha value is -3.10. The number of carbonyl (C=O) groups is 2. The van der Waals surface area contributed by atoms with Gasteiger partial charge in [-0.2, -0.15) is 0 Å². The van der Waals surface area contributed by atoms with Crippen LogP contribution in [0.15, 0.2) is 35.9 Å². The summed E-state index contributed by atoms with van der Waals surface area (Å²) in [6, 6.07) is 9.16. The maximum Gasteiger partial charge on any atom is 0.263 e. The normalized spacial score (nSPS) is 13.4. The summed E-state index contributed by atoms with van der Waals surface area (Å²) < 4.78 is 16.9. The quantitative estimate of drug-likeness (QED) is 0.285. The summed E-state index contributed by atoms with van der Waals surface area (Å²) >= 11 is 11.2. The van der Waals surface area contributed by atoms with Crippen LogP contribution in [-0.4, -0.2) is 37.3 Å². The summed E-state index contributed by atoms with van der Waals surface area (Å²) in [5, 5.41) is 4.99. The van der Waals surface area contributed by atoms with Gasteiger partial charge in [-0.15, -0.1) is 0 Å². The maximum atomic E-state index is 12.0. The second-order valence-corrected chi connectivity index (χ2v) is 7.67. The highest BCUT2D eigenvalue weighted by molar-refractivity contribution is 7.80. The van der Waals surface area contributed by atoms with E-state index in [0.717, 1.165) is 16.9 Å². The topological polar surface area (TPSA) is 85.9 Å². The number of benzene rings is 2. The summed E-state index contributed by atoms with van der Waals surface area (Å²) in [6.07, 6.45) is 1.40. The van der Waals surface area contributed by atoms with Crippen LogP contribution in [0, 0.1) is 13.8 Å². The molecule has 1 saturated heterocycles. The monoisotopic (exact) mass is 460 g/mol. The second-order valence-electron chi connectivity index (χ2n) is 6.85. The lowest BCUT2D eigenvalue weighted by molar-refractivity contribution is -0.123. The van der Waals surface area contributed by atoms with Crippen LogP contribution in [0.1, 0.15) is 16.7 Å². The zero-order valence-corrected chi connectivity index (χ0v) is 18.8. The molecule has 0 aromatic heterocycles. The van der Waals surface area contributed by atoms with Gasteiger partial charge < -0.3 is 14.2 Å². The molecule has 3 rings (SSSR count). The highest BCUT2D eigenvalue weighted by atomic mass is 35.5. The Morgan fingerprint density at radius 2 is 1.58 bits per heavy atom. The van der Waals surface area contributed by atoms with Crippen molar-refractivity contribution < 1.29 is 23.8 Å². The van der Waals surface area contributed by atoms with Gasteiger partial charge in [0.25, 0.3) is 11.8 Å². The van der Waals surface area contributed by atoms with E-state index in [2.05, 4.69) is 16.7 Å². The highest BCUT2D eigenvalue weighted by Gasteiger charge is 2.26. The molecule has 7 nitrogen and oxygen atoms in total. The van der Waals surface area contributed by atoms with Crippen molar-refractivity contribution in [1.82, 2.24) is 10.6 Å². The first-order valence-corrected chi connectivity index (χ1v) is 10.1. The molecule has 9 heteroatoms. The van der Waals surface area contributed by atoms with Crippen molar-refractivity contribution in [3.63, 3.8) is 0 Å². The highest BCUT2D eigenvalue weighted by Crippen LogP contribution is 2.37. The van der Waals surface area contributed by atoms with Crippen LogP contribution in [0.5, 0.6) is 17.2 Å². The van der Waals surface area contributed by atoms with Crippen molar-refractivity contribution in [1.29, 1.82) is 0 Å². The van der Waals surface area contributed by atoms with Crippen molar-refractivity contribution in [3.05, 3.63) is 57.6 Å². The lowest BCUT2D eigenvalue weighted by Gasteiger charge is -2.17. The third kappa shape index (κ3) is 5.74. The molecule has 0 atom stereocenters. The molecule has 1 aliphatic heterocycles. The first-order chi connectivity index (χ1) is 14.8. The fourth-order valence-corrected chi connectivity index (χ4v) is 3.51. The van der Waals surface area contributed by atoms with E-state index in [-0.39, 0.29) is 22.3 Å². The van der Waals surface area contributed by atoms with Crippen molar-refractivity contribution in [2.75, 3.05) is 20.3 Å². The van der Waals surface area contributed by atoms with Crippen LogP contribution < -0.4 is 24.8 Å². The van der Waals surface area contributed by atoms with Gasteiger partial charge in [0, 0.05) is 0 Å². The van der Waals surface area contributed by atoms with E-state index in [9.17, 15) is 9.59 Å². The number of hydrogen-bond acceptors (Lipinski definition) is 6. The SMILES string of the molecule is COc1cc(C=C2C(=O)NC(=S)NC2=O)cc(Cl)c1OCCOc1cc(C)cc(C)c1. The van der Waals surface area contributed by atoms with E-state index in [1.54, 1.807) is 12.1 Å². The number of aryl methyl sites for hydroxylation is 2. The molecule has 0 unspecified atom stereocenters. The molecule has 0 saturated carbocycles. The summed E-state index contributed by atoms with van der Waals surface area (Å²) in [6.45, 7) is 4.57. The third-order valence-corrected chi connectivity index (χ3v) is 4.78. The first kappa shape index (κ1) is 22.6. The molecule has 1 fully saturated rings. The van der Waals surface area contributed by atoms with Gasteiger partial charge in [0.15, 0.2) is 16.6 Å². The second kappa shape index (κ2) is 9.80. The van der Waals surface area contributed by atoms with Gasteiger partial charge in [-0.05, 0) is 73.1 Å². The number of nitrogens with one attached hydrogen (secondary N) is 2. The largest absolute Gasteiger partial charge is 0.493 e. The molecule has 0 bridgehead atoms. The van der Waals surface area contributed by atoms with Gasteiger partial charge in [0.2, 0.25) is 0 Å². The van der Waals surface area contributed by atoms with Gasteiger partial charge in [-0.25, -0.2) is 0 Å². The minimum Gasteiger partial charge on any atom is -0.493 e. The number of hydrogen-bond donors (Lipinski definition) is 2. The third-order valence-electron chi connectivity index (χ3n) is 4.30. The Kier molecular flexibility index (Phi) is 7.14. The van der Waals surface area contributed by atoms with Gasteiger partial charge in [0.05, 0.1) is 12.1 Å². The molecule has 2 N–H and O–H groups in total. The van der Waals surface area contributed by atoms with E-state index < -0.39 is 11.8 Å². The average Bonchev–Trinajstić information content (AvgIpc) is 2.68. The molecule has 162 valence electrons. The predicted molar refractivity (Wildman–Crippen MR) is 122 cm³/mol. The van der Waals surface area contributed by atoms with Gasteiger partial charge in [-0.3, -0.25) is 20.2 Å². The maximum absolute atomic E-state index is 12.0. The zero-order valence-electron chi connectivity index (χ0n) is 17.2. The predicted octanol–water partition coefficient (Wildman–Crippen LogP) is 3.34. The average molecular weight is 461 g/mol. The van der Waals surface area contributed by atoms with Crippen molar-refractivity contribution in [2.24, 2.45) is 0 Å². The molecule has 0 aliphatic carbocycles. The minimum absolute atomic E-state index is 0.0328. The van der Waals surface area contributed by atoms with Crippen molar-refractivity contribution >= 4 is 46.8 Å². The number of amides is 2. The number of halogens is 1. The Labute approximate surface area is 190 Å². The van der Waals surface area contributed by atoms with E-state index in [0.29, 0.717) is 23.7 Å². The van der Waals surface area contributed by atoms with E-state index >= 15 is 0 Å². The van der Waals surface area contributed by atoms with Crippen LogP contribution in [-0.2, 0) is 9.59 Å². The minimum atomic E-state index is -0.590. The molecular formula is C22H21ClN2O5S. The lowest BCUT2D eigenvalue weighted by Crippen LogP contribution is -2.51. The molecular weight excluding hydrogens is 440 g/mol. The van der Waals surface area contributed by atoms with Crippen molar-refractivity contribution in [2.45, 2.75) is 13.8 Å². The van der Waals surface area contributed by atoms with E-state index in [1.807, 2.05) is 26.0 Å². The number of rotatable bonds is 7. The molecule has 1 aliphatic rings. The number of methoxy groups -OCH3 is 1. The fraction of sp³-hybridized carbons (Fsp3) is 0.227. The van der Waals surface area contributed by atoms with E-state index in [1.165, 1.54) is 13.2 Å². The van der Waals surface area contributed by atoms with Crippen LogP contribution in [0.3, 0.4) is 0 Å². The Morgan fingerprint density at radius 1 is 0.968 bits per heavy atom. The Balaban J connectivity index is 1.71. The Morgan fingerprint density at radius 3 is 2.19 bits per heavy atom. The van der Waals surface area contributed by atoms with Crippen LogP contribution in [0.2, 0.25) is 5.02 Å². The summed E-state index contributed by atoms with van der Waals surface area (Å²) in [5.41, 5.74) is 2.64. The zero-order chi connectivity index (χ0) is 22.5. The number of thiocarbonyl (C=S) groups is 1. The number of ether oxygens (including phenoxy) is 3. The Bertz CT molecular complexity index is 1040. The van der Waals surface area contributed by atoms with E-state index in [4.69, 9.17) is 38.0 Å². The molecule has 2 aromatic rings. The molecule has 2 amide bonds. The lowest BCUT2D eigenvalue weighted by atomic mass is 10.1. The molecule has 0 radical (unpaired) electrons. The summed E-state index contributed by atoms with van der Waals surface area (Å²) in [5.74, 6) is 0.289. The fourth-order valence-electron chi connectivity index (χ4n) is 3.06. The van der Waals surface area contributed by atoms with Crippen molar-refractivity contribution in [3.8, 4) is 17.2 Å². The van der Waals surface area contributed by atoms with Crippen LogP contribution in [0.4, 0.5) is 0 Å². The molecule has 0 spiro atoms. The van der Waals surface area contributed by atoms with Gasteiger partial charge in [-0.1, -0.05) is 17.7 Å². The summed E-state index contributed by atoms with van der Waals surface area (Å²) in [4.78, 5) is 24.1. The number of carbonyl (C=O) groups excluding carboxylic acids is 2. The molecule has 1 heterocycles. The van der Waals surface area contributed by atoms with Crippen LogP contribution in [0.25, 0.3) is 6.08 Å². The first-order valence-electron chi connectivity index (χ1n) is 9.36. The van der Waals surface area contributed by atoms with Gasteiger partial charge in [0.1, 0.15) is 24.5 Å². The smallest absolute Gasteiger partial charge is 0.263 e. The molecule has 31 heavy (non-hydrogen) atoms. The van der Waals surface area contributed by atoms with Gasteiger partial charge >= 0.3 is 0 Å². The van der Waals surface area contributed by atoms with Crippen LogP contribution >= 0.6 is 23.8 Å². The standard InChI is InChI=1S/C22H21ClN2O5S/c1-12-6-13(2)8-15(7-12)29-4-5-30-19-17(23)10-14(11-18(19)28-3)9-16-20(26)24-22(31)25-21(16)27/h6-11H,4-5H2,1-3H3,(H2,24,25,26,27,31).